The van der Waals surface area contributed by atoms with Crippen molar-refractivity contribution in [2.75, 3.05) is 0 Å². The number of rotatable bonds is 2. The number of aromatic nitrogens is 1. The van der Waals surface area contributed by atoms with E-state index in [0.717, 1.165) is 33.2 Å². The molecule has 0 N–H and O–H groups in total. The van der Waals surface area contributed by atoms with Gasteiger partial charge in [-0.2, -0.15) is 0 Å². The van der Waals surface area contributed by atoms with E-state index in [4.69, 9.17) is 4.42 Å². The van der Waals surface area contributed by atoms with E-state index in [1.807, 2.05) is 6.07 Å². The summed E-state index contributed by atoms with van der Waals surface area (Å²) in [5, 5.41) is 4.76. The molecule has 0 unspecified atom stereocenters. The molecule has 0 amide bonds. The van der Waals surface area contributed by atoms with Crippen LogP contribution in [0.4, 0.5) is 0 Å². The van der Waals surface area contributed by atoms with Gasteiger partial charge in [0, 0.05) is 27.1 Å². The van der Waals surface area contributed by atoms with E-state index in [0.29, 0.717) is 0 Å². The lowest BCUT2D eigenvalue weighted by Gasteiger charge is -2.11. The second-order valence-corrected chi connectivity index (χ2v) is 9.75. The third kappa shape index (κ3) is 3.07. The Hall–Kier alpha value is -5.08. The molecule has 6 aromatic carbocycles. The first kappa shape index (κ1) is 21.0. The molecule has 8 aromatic rings. The molecule has 0 spiro atoms. The van der Waals surface area contributed by atoms with E-state index >= 15 is 0 Å². The Balaban J connectivity index is 1.52. The van der Waals surface area contributed by atoms with Crippen LogP contribution in [0.1, 0.15) is 0 Å². The number of benzene rings is 6. The van der Waals surface area contributed by atoms with Gasteiger partial charge in [-0.1, -0.05) is 121 Å². The van der Waals surface area contributed by atoms with Crippen molar-refractivity contribution in [3.05, 3.63) is 140 Å². The fourth-order valence-corrected chi connectivity index (χ4v) is 5.88. The fraction of sp³-hybridized carbons (Fsp3) is 0. The summed E-state index contributed by atoms with van der Waals surface area (Å²) in [6.07, 6.45) is 0. The van der Waals surface area contributed by atoms with Gasteiger partial charge in [0.15, 0.2) is 5.58 Å². The maximum absolute atomic E-state index is 6.87. The Morgan fingerprint density at radius 1 is 0.395 bits per heavy atom. The smallest absolute Gasteiger partial charge is 0.151 e. The molecule has 0 saturated carbocycles. The van der Waals surface area contributed by atoms with Gasteiger partial charge < -0.3 is 8.82 Å². The molecule has 0 aliphatic heterocycles. The van der Waals surface area contributed by atoms with Gasteiger partial charge >= 0.3 is 0 Å². The highest BCUT2D eigenvalue weighted by Crippen LogP contribution is 2.39. The second-order valence-electron chi connectivity index (χ2n) is 9.75. The normalized spacial score (nSPS) is 11.7. The van der Waals surface area contributed by atoms with Crippen molar-refractivity contribution in [3.8, 4) is 22.3 Å². The molecule has 2 aromatic heterocycles. The van der Waals surface area contributed by atoms with Crippen LogP contribution >= 0.6 is 0 Å². The SMILES string of the molecule is c1ccc(-c2ccc(-c3cccc4c3oc3ccccc3n3c5ccccc5c5cccc4c53)cc2)cc1. The average Bonchev–Trinajstić information content (AvgIpc) is 3.32. The molecule has 0 radical (unpaired) electrons. The van der Waals surface area contributed by atoms with Crippen molar-refractivity contribution in [2.24, 2.45) is 0 Å². The third-order valence-corrected chi connectivity index (χ3v) is 7.62. The number of hydrogen-bond donors (Lipinski definition) is 0. The van der Waals surface area contributed by atoms with Gasteiger partial charge in [-0.15, -0.1) is 0 Å². The number of para-hydroxylation sites is 5. The summed E-state index contributed by atoms with van der Waals surface area (Å²) in [4.78, 5) is 0. The predicted octanol–water partition coefficient (Wildman–Crippen LogP) is 10.0. The Morgan fingerprint density at radius 3 is 1.82 bits per heavy atom. The van der Waals surface area contributed by atoms with E-state index in [-0.39, 0.29) is 0 Å². The van der Waals surface area contributed by atoms with Gasteiger partial charge in [0.1, 0.15) is 5.58 Å². The van der Waals surface area contributed by atoms with E-state index in [9.17, 15) is 0 Å². The summed E-state index contributed by atoms with van der Waals surface area (Å²) < 4.78 is 9.23. The van der Waals surface area contributed by atoms with Gasteiger partial charge in [-0.25, -0.2) is 0 Å². The van der Waals surface area contributed by atoms with Crippen LogP contribution < -0.4 is 0 Å². The van der Waals surface area contributed by atoms with Crippen LogP contribution in [0.2, 0.25) is 0 Å². The first-order valence-electron chi connectivity index (χ1n) is 13.0. The molecule has 0 aliphatic rings. The molecule has 38 heavy (non-hydrogen) atoms. The van der Waals surface area contributed by atoms with Crippen LogP contribution in [0.25, 0.3) is 71.5 Å². The minimum Gasteiger partial charge on any atom is -0.454 e. The highest BCUT2D eigenvalue weighted by molar-refractivity contribution is 6.20. The summed E-state index contributed by atoms with van der Waals surface area (Å²) in [6, 6.07) is 49.4. The second kappa shape index (κ2) is 8.22. The van der Waals surface area contributed by atoms with Crippen molar-refractivity contribution in [1.82, 2.24) is 4.40 Å². The van der Waals surface area contributed by atoms with Crippen LogP contribution in [-0.4, -0.2) is 4.40 Å². The zero-order chi connectivity index (χ0) is 25.1. The molecule has 178 valence electrons. The number of hydrogen-bond acceptors (Lipinski definition) is 1. The van der Waals surface area contributed by atoms with Crippen molar-refractivity contribution >= 4 is 49.3 Å². The summed E-state index contributed by atoms with van der Waals surface area (Å²) in [5.41, 5.74) is 9.80. The quantitative estimate of drug-likeness (QED) is 0.238. The highest BCUT2D eigenvalue weighted by atomic mass is 16.3. The maximum Gasteiger partial charge on any atom is 0.151 e. The molecule has 2 nitrogen and oxygen atoms in total. The number of fused-ring (bicyclic) bond motifs is 7. The van der Waals surface area contributed by atoms with Gasteiger partial charge in [-0.05, 0) is 34.9 Å². The van der Waals surface area contributed by atoms with Crippen LogP contribution in [0.15, 0.2) is 144 Å². The van der Waals surface area contributed by atoms with Crippen molar-refractivity contribution in [2.45, 2.75) is 0 Å². The fourth-order valence-electron chi connectivity index (χ4n) is 5.88. The number of nitrogens with zero attached hydrogens (tertiary/aromatic N) is 1. The van der Waals surface area contributed by atoms with Crippen molar-refractivity contribution in [3.63, 3.8) is 0 Å². The van der Waals surface area contributed by atoms with Crippen LogP contribution in [0, 0.1) is 0 Å². The Morgan fingerprint density at radius 2 is 0.974 bits per heavy atom. The molecule has 0 bridgehead atoms. The molecule has 8 rings (SSSR count). The van der Waals surface area contributed by atoms with E-state index in [1.54, 1.807) is 0 Å². The monoisotopic (exact) mass is 485 g/mol. The molecule has 2 heterocycles. The Kier molecular flexibility index (Phi) is 4.55. The maximum atomic E-state index is 6.87. The summed E-state index contributed by atoms with van der Waals surface area (Å²) >= 11 is 0. The van der Waals surface area contributed by atoms with E-state index in [1.165, 1.54) is 38.3 Å². The molecular formula is C36H23NO. The standard InChI is InChI=1S/C36H23NO/c1-2-10-24(11-3-1)25-20-22-26(23-21-25)27-13-8-16-31-30-15-9-14-29-28-12-4-5-17-32(28)37(35(29)30)33-18-6-7-19-34(33)38-36(27)31/h1-23H. The average molecular weight is 486 g/mol. The molecule has 0 saturated heterocycles. The lowest BCUT2D eigenvalue weighted by Crippen LogP contribution is -1.89. The van der Waals surface area contributed by atoms with Crippen molar-refractivity contribution < 1.29 is 4.42 Å². The molecular weight excluding hydrogens is 462 g/mol. The first-order chi connectivity index (χ1) is 18.9. The van der Waals surface area contributed by atoms with Crippen molar-refractivity contribution in [1.29, 1.82) is 0 Å². The van der Waals surface area contributed by atoms with E-state index in [2.05, 4.69) is 138 Å². The minimum absolute atomic E-state index is 0.847. The lowest BCUT2D eigenvalue weighted by molar-refractivity contribution is 0.662. The van der Waals surface area contributed by atoms with Gasteiger partial charge in [0.05, 0.1) is 16.6 Å². The Labute approximate surface area is 219 Å². The lowest BCUT2D eigenvalue weighted by atomic mass is 9.98. The molecule has 2 heteroatoms. The first-order valence-corrected chi connectivity index (χ1v) is 13.0. The largest absolute Gasteiger partial charge is 0.454 e. The molecule has 0 aliphatic carbocycles. The Bertz CT molecular complexity index is 2160. The van der Waals surface area contributed by atoms with Gasteiger partial charge in [-0.3, -0.25) is 0 Å². The van der Waals surface area contributed by atoms with Crippen LogP contribution in [-0.2, 0) is 0 Å². The summed E-state index contributed by atoms with van der Waals surface area (Å²) in [5.74, 6) is 0. The topological polar surface area (TPSA) is 17.6 Å². The van der Waals surface area contributed by atoms with Gasteiger partial charge in [0.25, 0.3) is 0 Å². The van der Waals surface area contributed by atoms with Crippen LogP contribution in [0.5, 0.6) is 0 Å². The predicted molar refractivity (Wildman–Crippen MR) is 159 cm³/mol. The zero-order valence-electron chi connectivity index (χ0n) is 20.6. The minimum atomic E-state index is 0.847. The van der Waals surface area contributed by atoms with Gasteiger partial charge in [0.2, 0.25) is 0 Å². The molecule has 0 atom stereocenters. The summed E-state index contributed by atoms with van der Waals surface area (Å²) in [7, 11) is 0. The molecule has 0 fully saturated rings. The summed E-state index contributed by atoms with van der Waals surface area (Å²) in [6.45, 7) is 0. The third-order valence-electron chi connectivity index (χ3n) is 7.62. The van der Waals surface area contributed by atoms with Crippen LogP contribution in [0.3, 0.4) is 0 Å². The zero-order valence-corrected chi connectivity index (χ0v) is 20.6. The highest BCUT2D eigenvalue weighted by Gasteiger charge is 2.16. The van der Waals surface area contributed by atoms with E-state index < -0.39 is 0 Å².